The van der Waals surface area contributed by atoms with E-state index < -0.39 is 18.0 Å². The molecule has 1 aromatic heterocycles. The number of imidazole rings is 1. The van der Waals surface area contributed by atoms with Crippen LogP contribution in [0.2, 0.25) is 0 Å². The number of aromatic nitrogens is 2. The number of ether oxygens (including phenoxy) is 2. The zero-order chi connectivity index (χ0) is 25.7. The van der Waals surface area contributed by atoms with E-state index in [4.69, 9.17) is 9.47 Å². The van der Waals surface area contributed by atoms with E-state index in [1.807, 2.05) is 50.2 Å². The summed E-state index contributed by atoms with van der Waals surface area (Å²) in [7, 11) is 1.52. The number of hydrogen-bond acceptors (Lipinski definition) is 5. The monoisotopic (exact) mass is 487 g/mol. The summed E-state index contributed by atoms with van der Waals surface area (Å²) in [5, 5.41) is 2.82. The minimum absolute atomic E-state index is 0.0675. The number of carbonyl (C=O) groups excluding carboxylic acids is 2. The van der Waals surface area contributed by atoms with Gasteiger partial charge in [0.15, 0.2) is 0 Å². The molecule has 1 heterocycles. The maximum absolute atomic E-state index is 13.3. The van der Waals surface area contributed by atoms with Crippen molar-refractivity contribution in [2.24, 2.45) is 0 Å². The molecule has 8 heteroatoms. The van der Waals surface area contributed by atoms with E-state index in [9.17, 15) is 14.4 Å². The second-order valence-electron chi connectivity index (χ2n) is 8.39. The third-order valence-electron chi connectivity index (χ3n) is 5.98. The molecule has 8 nitrogen and oxygen atoms in total. The third-order valence-corrected chi connectivity index (χ3v) is 5.98. The second kappa shape index (κ2) is 10.9. The highest BCUT2D eigenvalue weighted by Gasteiger charge is 2.26. The molecule has 4 aromatic rings. The molecule has 1 N–H and O–H groups in total. The molecule has 0 bridgehead atoms. The molecular weight excluding hydrogens is 458 g/mol. The number of benzene rings is 3. The highest BCUT2D eigenvalue weighted by atomic mass is 16.5. The van der Waals surface area contributed by atoms with Crippen LogP contribution in [0.25, 0.3) is 11.0 Å². The fourth-order valence-electron chi connectivity index (χ4n) is 4.21. The van der Waals surface area contributed by atoms with Crippen LogP contribution in [-0.2, 0) is 27.4 Å². The molecule has 36 heavy (non-hydrogen) atoms. The van der Waals surface area contributed by atoms with Crippen LogP contribution in [0.4, 0.5) is 5.69 Å². The number of para-hydroxylation sites is 2. The lowest BCUT2D eigenvalue weighted by Crippen LogP contribution is -2.28. The molecule has 0 saturated heterocycles. The fourth-order valence-corrected chi connectivity index (χ4v) is 4.21. The number of rotatable bonds is 9. The van der Waals surface area contributed by atoms with E-state index in [0.717, 1.165) is 16.6 Å². The van der Waals surface area contributed by atoms with Gasteiger partial charge in [0.05, 0.1) is 30.3 Å². The standard InChI is InChI=1S/C28H29N3O5/c1-4-30-22-12-8-9-13-23(22)31(28(30)34)17-16-25(32)36-26(20-10-6-5-7-11-20)27(33)29-21-18-19(2)14-15-24(21)35-3/h5-15,18,26H,4,16-17H2,1-3H3,(H,29,33). The van der Waals surface area contributed by atoms with Gasteiger partial charge in [-0.15, -0.1) is 0 Å². The zero-order valence-electron chi connectivity index (χ0n) is 20.6. The van der Waals surface area contributed by atoms with Gasteiger partial charge >= 0.3 is 11.7 Å². The summed E-state index contributed by atoms with van der Waals surface area (Å²) < 4.78 is 14.3. The van der Waals surface area contributed by atoms with Crippen LogP contribution in [0.3, 0.4) is 0 Å². The van der Waals surface area contributed by atoms with E-state index in [2.05, 4.69) is 5.32 Å². The summed E-state index contributed by atoms with van der Waals surface area (Å²) in [6, 6.07) is 21.7. The first-order chi connectivity index (χ1) is 17.4. The van der Waals surface area contributed by atoms with Gasteiger partial charge in [-0.1, -0.05) is 48.5 Å². The fraction of sp³-hybridized carbons (Fsp3) is 0.250. The van der Waals surface area contributed by atoms with Gasteiger partial charge in [0.1, 0.15) is 5.75 Å². The van der Waals surface area contributed by atoms with Crippen LogP contribution in [-0.4, -0.2) is 28.1 Å². The first kappa shape index (κ1) is 24.8. The smallest absolute Gasteiger partial charge is 0.329 e. The Morgan fingerprint density at radius 1 is 0.944 bits per heavy atom. The summed E-state index contributed by atoms with van der Waals surface area (Å²) in [5.74, 6) is -0.590. The lowest BCUT2D eigenvalue weighted by Gasteiger charge is -2.19. The van der Waals surface area contributed by atoms with Crippen LogP contribution in [0, 0.1) is 6.92 Å². The van der Waals surface area contributed by atoms with Gasteiger partial charge in [-0.3, -0.25) is 18.7 Å². The maximum atomic E-state index is 13.3. The van der Waals surface area contributed by atoms with Crippen molar-refractivity contribution in [1.82, 2.24) is 9.13 Å². The quantitative estimate of drug-likeness (QED) is 0.352. The first-order valence-electron chi connectivity index (χ1n) is 11.8. The molecule has 1 unspecified atom stereocenters. The number of fused-ring (bicyclic) bond motifs is 1. The van der Waals surface area contributed by atoms with E-state index in [0.29, 0.717) is 23.5 Å². The highest BCUT2D eigenvalue weighted by molar-refractivity contribution is 5.97. The predicted octanol–water partition coefficient (Wildman–Crippen LogP) is 4.45. The Bertz CT molecular complexity index is 1440. The van der Waals surface area contributed by atoms with Gasteiger partial charge in [0.25, 0.3) is 5.91 Å². The summed E-state index contributed by atoms with van der Waals surface area (Å²) in [5.41, 5.74) is 3.34. The Labute approximate surface area is 209 Å². The van der Waals surface area contributed by atoms with Crippen LogP contribution in [0.5, 0.6) is 5.75 Å². The van der Waals surface area contributed by atoms with Crippen LogP contribution in [0.15, 0.2) is 77.6 Å². The SMILES string of the molecule is CCn1c(=O)n(CCC(=O)OC(C(=O)Nc2cc(C)ccc2OC)c2ccccc2)c2ccccc21. The molecule has 0 spiro atoms. The van der Waals surface area contributed by atoms with E-state index in [1.165, 1.54) is 7.11 Å². The van der Waals surface area contributed by atoms with Crippen LogP contribution >= 0.6 is 0 Å². The lowest BCUT2D eigenvalue weighted by molar-refractivity contribution is -0.155. The number of carbonyl (C=O) groups is 2. The molecule has 0 radical (unpaired) electrons. The van der Waals surface area contributed by atoms with Crippen molar-refractivity contribution in [3.8, 4) is 5.75 Å². The molecule has 0 aliphatic carbocycles. The number of methoxy groups -OCH3 is 1. The van der Waals surface area contributed by atoms with Gasteiger partial charge < -0.3 is 14.8 Å². The highest BCUT2D eigenvalue weighted by Crippen LogP contribution is 2.28. The van der Waals surface area contributed by atoms with E-state index in [1.54, 1.807) is 45.5 Å². The Kier molecular flexibility index (Phi) is 7.53. The summed E-state index contributed by atoms with van der Waals surface area (Å²) >= 11 is 0. The number of anilines is 1. The molecule has 0 aliphatic rings. The minimum Gasteiger partial charge on any atom is -0.495 e. The van der Waals surface area contributed by atoms with Gasteiger partial charge in [-0.05, 0) is 43.7 Å². The molecule has 0 saturated carbocycles. The Morgan fingerprint density at radius 2 is 1.61 bits per heavy atom. The van der Waals surface area contributed by atoms with E-state index in [-0.39, 0.29) is 18.7 Å². The van der Waals surface area contributed by atoms with Crippen LogP contribution in [0.1, 0.15) is 30.6 Å². The van der Waals surface area contributed by atoms with E-state index >= 15 is 0 Å². The van der Waals surface area contributed by atoms with Crippen molar-refractivity contribution >= 4 is 28.6 Å². The lowest BCUT2D eigenvalue weighted by atomic mass is 10.1. The minimum atomic E-state index is -1.17. The number of aryl methyl sites for hydroxylation is 3. The second-order valence-corrected chi connectivity index (χ2v) is 8.39. The molecule has 0 fully saturated rings. The molecule has 186 valence electrons. The number of amides is 1. The molecule has 1 atom stereocenters. The van der Waals surface area contributed by atoms with Gasteiger partial charge in [0.2, 0.25) is 6.10 Å². The molecular formula is C28H29N3O5. The molecule has 4 rings (SSSR count). The maximum Gasteiger partial charge on any atom is 0.329 e. The molecule has 3 aromatic carbocycles. The Morgan fingerprint density at radius 3 is 2.28 bits per heavy atom. The summed E-state index contributed by atoms with van der Waals surface area (Å²) in [4.78, 5) is 39.1. The van der Waals surface area contributed by atoms with Gasteiger partial charge in [-0.25, -0.2) is 4.79 Å². The average molecular weight is 488 g/mol. The molecule has 0 aliphatic heterocycles. The average Bonchev–Trinajstić information content (AvgIpc) is 3.16. The van der Waals surface area contributed by atoms with Crippen molar-refractivity contribution < 1.29 is 19.1 Å². The normalized spacial score (nSPS) is 11.8. The third kappa shape index (κ3) is 5.17. The predicted molar refractivity (Wildman–Crippen MR) is 138 cm³/mol. The van der Waals surface area contributed by atoms with Gasteiger partial charge in [-0.2, -0.15) is 0 Å². The van der Waals surface area contributed by atoms with Crippen molar-refractivity contribution in [1.29, 1.82) is 0 Å². The largest absolute Gasteiger partial charge is 0.495 e. The summed E-state index contributed by atoms with van der Waals surface area (Å²) in [6.45, 7) is 4.47. The molecule has 1 amide bonds. The Balaban J connectivity index is 1.54. The number of esters is 1. The van der Waals surface area contributed by atoms with Gasteiger partial charge in [0, 0.05) is 18.7 Å². The van der Waals surface area contributed by atoms with Crippen molar-refractivity contribution in [2.75, 3.05) is 12.4 Å². The number of nitrogens with zero attached hydrogens (tertiary/aromatic N) is 2. The first-order valence-corrected chi connectivity index (χ1v) is 11.8. The zero-order valence-corrected chi connectivity index (χ0v) is 20.6. The number of hydrogen-bond donors (Lipinski definition) is 1. The topological polar surface area (TPSA) is 91.6 Å². The van der Waals surface area contributed by atoms with Crippen molar-refractivity contribution in [2.45, 2.75) is 39.5 Å². The van der Waals surface area contributed by atoms with Crippen molar-refractivity contribution in [3.63, 3.8) is 0 Å². The Hall–Kier alpha value is -4.33. The van der Waals surface area contributed by atoms with Crippen LogP contribution < -0.4 is 15.7 Å². The number of nitrogens with one attached hydrogen (secondary N) is 1. The van der Waals surface area contributed by atoms with Crippen molar-refractivity contribution in [3.05, 3.63) is 94.4 Å². The summed E-state index contributed by atoms with van der Waals surface area (Å²) in [6.07, 6.45) is -1.24.